The molecule has 5 nitrogen and oxygen atoms in total. The number of ether oxygens (including phenoxy) is 1. The van der Waals surface area contributed by atoms with E-state index < -0.39 is 0 Å². The number of thiophene rings is 1. The van der Waals surface area contributed by atoms with Gasteiger partial charge in [-0.3, -0.25) is 9.69 Å². The number of morpholine rings is 1. The van der Waals surface area contributed by atoms with Crippen molar-refractivity contribution >= 4 is 27.3 Å². The molecule has 30 heavy (non-hydrogen) atoms. The van der Waals surface area contributed by atoms with Gasteiger partial charge in [0, 0.05) is 43.5 Å². The number of nitrogens with zero attached hydrogens (tertiary/aromatic N) is 2. The third-order valence-corrected chi connectivity index (χ3v) is 6.82. The van der Waals surface area contributed by atoms with Crippen molar-refractivity contribution in [1.29, 1.82) is 0 Å². The summed E-state index contributed by atoms with van der Waals surface area (Å²) in [4.78, 5) is 17.9. The second-order valence-corrected chi connectivity index (χ2v) is 8.74. The number of rotatable bonds is 7. The van der Waals surface area contributed by atoms with E-state index in [2.05, 4.69) is 41.3 Å². The van der Waals surface area contributed by atoms with Gasteiger partial charge in [-0.15, -0.1) is 11.3 Å². The van der Waals surface area contributed by atoms with Gasteiger partial charge in [-0.1, -0.05) is 48.5 Å². The molecule has 1 aliphatic heterocycles. The van der Waals surface area contributed by atoms with Gasteiger partial charge in [0.05, 0.1) is 24.2 Å². The number of benzene rings is 2. The minimum atomic E-state index is -0.132. The monoisotopic (exact) mass is 424 g/mol. The number of hydrogen-bond donors (Lipinski definition) is 1. The fraction of sp³-hybridized carbons (Fsp3) is 0.375. The molecule has 0 aliphatic carbocycles. The summed E-state index contributed by atoms with van der Waals surface area (Å²) in [5, 5.41) is 10.4. The molecule has 0 spiro atoms. The maximum atomic E-state index is 13.1. The van der Waals surface area contributed by atoms with E-state index in [9.17, 15) is 9.90 Å². The zero-order valence-electron chi connectivity index (χ0n) is 17.3. The molecule has 1 aromatic heterocycles. The lowest BCUT2D eigenvalue weighted by molar-refractivity contribution is -0.0290. The Morgan fingerprint density at radius 1 is 1.20 bits per heavy atom. The van der Waals surface area contributed by atoms with Crippen LogP contribution in [0, 0.1) is 0 Å². The van der Waals surface area contributed by atoms with Crippen molar-refractivity contribution in [2.75, 3.05) is 46.4 Å². The number of likely N-dealkylation sites (N-methyl/N-ethyl adjacent to an activating group) is 1. The molecule has 1 N–H and O–H groups in total. The number of hydrogen-bond acceptors (Lipinski definition) is 5. The highest BCUT2D eigenvalue weighted by Gasteiger charge is 2.30. The van der Waals surface area contributed by atoms with Crippen molar-refractivity contribution in [2.45, 2.75) is 12.5 Å². The molecule has 0 saturated carbocycles. The molecule has 2 aromatic carbocycles. The lowest BCUT2D eigenvalue weighted by atomic mass is 10.0. The van der Waals surface area contributed by atoms with Crippen LogP contribution in [-0.4, -0.2) is 67.3 Å². The summed E-state index contributed by atoms with van der Waals surface area (Å²) in [6.07, 6.45) is 0.871. The zero-order valence-corrected chi connectivity index (χ0v) is 18.1. The lowest BCUT2D eigenvalue weighted by Gasteiger charge is -2.33. The average Bonchev–Trinajstić information content (AvgIpc) is 3.18. The zero-order chi connectivity index (χ0) is 20.9. The van der Waals surface area contributed by atoms with Crippen molar-refractivity contribution in [3.8, 4) is 0 Å². The first kappa shape index (κ1) is 21.0. The minimum absolute atomic E-state index is 0.0460. The SMILES string of the molecule is CN(CCO)C(=O)c1sc2ccccc2c1C1CN(CCc2ccccc2)CCO1. The van der Waals surface area contributed by atoms with Gasteiger partial charge in [-0.25, -0.2) is 0 Å². The Bertz CT molecular complexity index is 989. The summed E-state index contributed by atoms with van der Waals surface area (Å²) >= 11 is 1.52. The summed E-state index contributed by atoms with van der Waals surface area (Å²) in [7, 11) is 1.74. The normalized spacial score (nSPS) is 17.3. The molecular weight excluding hydrogens is 396 g/mol. The van der Waals surface area contributed by atoms with Crippen LogP contribution in [0.4, 0.5) is 0 Å². The van der Waals surface area contributed by atoms with Gasteiger partial charge in [0.1, 0.15) is 0 Å². The summed E-state index contributed by atoms with van der Waals surface area (Å²) in [6.45, 7) is 3.58. The van der Waals surface area contributed by atoms with Crippen molar-refractivity contribution in [3.63, 3.8) is 0 Å². The molecule has 158 valence electrons. The van der Waals surface area contributed by atoms with Crippen LogP contribution in [0.2, 0.25) is 0 Å². The van der Waals surface area contributed by atoms with Crippen LogP contribution >= 0.6 is 11.3 Å². The van der Waals surface area contributed by atoms with E-state index in [0.29, 0.717) is 13.2 Å². The Labute approximate surface area is 181 Å². The third-order valence-electron chi connectivity index (χ3n) is 5.64. The first-order valence-electron chi connectivity index (χ1n) is 10.4. The van der Waals surface area contributed by atoms with E-state index >= 15 is 0 Å². The number of carbonyl (C=O) groups excluding carboxylic acids is 1. The summed E-state index contributed by atoms with van der Waals surface area (Å²) in [6, 6.07) is 18.7. The molecule has 0 bridgehead atoms. The van der Waals surface area contributed by atoms with Gasteiger partial charge in [0.25, 0.3) is 5.91 Å². The molecule has 2 heterocycles. The number of aliphatic hydroxyl groups excluding tert-OH is 1. The third kappa shape index (κ3) is 4.57. The molecule has 1 amide bonds. The molecule has 1 unspecified atom stereocenters. The van der Waals surface area contributed by atoms with Gasteiger partial charge in [-0.05, 0) is 23.4 Å². The Hall–Kier alpha value is -2.25. The Balaban J connectivity index is 1.58. The van der Waals surface area contributed by atoms with Crippen LogP contribution in [0.5, 0.6) is 0 Å². The van der Waals surface area contributed by atoms with Crippen LogP contribution in [0.25, 0.3) is 10.1 Å². The van der Waals surface area contributed by atoms with Gasteiger partial charge in [-0.2, -0.15) is 0 Å². The number of amides is 1. The smallest absolute Gasteiger partial charge is 0.264 e. The topological polar surface area (TPSA) is 53.0 Å². The molecule has 1 saturated heterocycles. The first-order chi connectivity index (χ1) is 14.7. The highest BCUT2D eigenvalue weighted by atomic mass is 32.1. The summed E-state index contributed by atoms with van der Waals surface area (Å²) in [5.41, 5.74) is 2.33. The molecule has 1 atom stereocenters. The Morgan fingerprint density at radius 3 is 2.77 bits per heavy atom. The Kier molecular flexibility index (Phi) is 6.79. The Morgan fingerprint density at radius 2 is 1.97 bits per heavy atom. The predicted octanol–water partition coefficient (Wildman–Crippen LogP) is 3.58. The molecule has 6 heteroatoms. The van der Waals surface area contributed by atoms with Crippen molar-refractivity contribution < 1.29 is 14.6 Å². The maximum absolute atomic E-state index is 13.1. The van der Waals surface area contributed by atoms with E-state index in [0.717, 1.165) is 46.6 Å². The van der Waals surface area contributed by atoms with Crippen LogP contribution in [0.15, 0.2) is 54.6 Å². The van der Waals surface area contributed by atoms with E-state index in [1.165, 1.54) is 16.9 Å². The summed E-state index contributed by atoms with van der Waals surface area (Å²) < 4.78 is 7.28. The van der Waals surface area contributed by atoms with Gasteiger partial charge >= 0.3 is 0 Å². The van der Waals surface area contributed by atoms with Gasteiger partial charge in [0.15, 0.2) is 0 Å². The maximum Gasteiger partial charge on any atom is 0.264 e. The average molecular weight is 425 g/mol. The molecule has 1 aliphatic rings. The number of carbonyl (C=O) groups is 1. The van der Waals surface area contributed by atoms with Crippen molar-refractivity contribution in [1.82, 2.24) is 9.80 Å². The second kappa shape index (κ2) is 9.71. The van der Waals surface area contributed by atoms with Crippen LogP contribution in [-0.2, 0) is 11.2 Å². The van der Waals surface area contributed by atoms with Crippen molar-refractivity contribution in [2.24, 2.45) is 0 Å². The molecular formula is C24H28N2O3S. The lowest BCUT2D eigenvalue weighted by Crippen LogP contribution is -2.40. The predicted molar refractivity (Wildman–Crippen MR) is 121 cm³/mol. The fourth-order valence-corrected chi connectivity index (χ4v) is 5.23. The standard InChI is InChI=1S/C24H28N2O3S/c1-25(13-15-27)24(28)23-22(19-9-5-6-10-21(19)30-23)20-17-26(14-16-29-20)12-11-18-7-3-2-4-8-18/h2-10,20,27H,11-17H2,1H3. The van der Waals surface area contributed by atoms with E-state index in [-0.39, 0.29) is 18.6 Å². The van der Waals surface area contributed by atoms with Crippen LogP contribution in [0.1, 0.15) is 26.9 Å². The van der Waals surface area contributed by atoms with E-state index in [1.54, 1.807) is 11.9 Å². The fourth-order valence-electron chi connectivity index (χ4n) is 3.98. The largest absolute Gasteiger partial charge is 0.395 e. The van der Waals surface area contributed by atoms with Crippen molar-refractivity contribution in [3.05, 3.63) is 70.6 Å². The van der Waals surface area contributed by atoms with Gasteiger partial charge < -0.3 is 14.7 Å². The number of fused-ring (bicyclic) bond motifs is 1. The molecule has 4 rings (SSSR count). The number of aliphatic hydroxyl groups is 1. The summed E-state index contributed by atoms with van der Waals surface area (Å²) in [5.74, 6) is -0.0507. The second-order valence-electron chi connectivity index (χ2n) is 7.69. The first-order valence-corrected chi connectivity index (χ1v) is 11.2. The van der Waals surface area contributed by atoms with Crippen LogP contribution in [0.3, 0.4) is 0 Å². The highest BCUT2D eigenvalue weighted by Crippen LogP contribution is 2.38. The molecule has 1 fully saturated rings. The minimum Gasteiger partial charge on any atom is -0.395 e. The van der Waals surface area contributed by atoms with E-state index in [1.807, 2.05) is 18.2 Å². The molecule has 0 radical (unpaired) electrons. The van der Waals surface area contributed by atoms with Crippen LogP contribution < -0.4 is 0 Å². The molecule has 3 aromatic rings. The van der Waals surface area contributed by atoms with E-state index in [4.69, 9.17) is 4.74 Å². The quantitative estimate of drug-likeness (QED) is 0.630. The van der Waals surface area contributed by atoms with Gasteiger partial charge in [0.2, 0.25) is 0 Å². The highest BCUT2D eigenvalue weighted by molar-refractivity contribution is 7.21.